The number of amides is 1. The van der Waals surface area contributed by atoms with Gasteiger partial charge in [-0.15, -0.1) is 0 Å². The molecule has 106 valence electrons. The van der Waals surface area contributed by atoms with E-state index in [9.17, 15) is 4.79 Å². The second-order valence-electron chi connectivity index (χ2n) is 5.27. The summed E-state index contributed by atoms with van der Waals surface area (Å²) in [4.78, 5) is 14.5. The first-order valence-electron chi connectivity index (χ1n) is 6.64. The predicted octanol–water partition coefficient (Wildman–Crippen LogP) is 4.71. The van der Waals surface area contributed by atoms with Crippen LogP contribution in [-0.2, 0) is 0 Å². The second-order valence-corrected chi connectivity index (χ2v) is 6.62. The van der Waals surface area contributed by atoms with E-state index in [2.05, 4.69) is 15.9 Å². The van der Waals surface area contributed by atoms with Crippen molar-refractivity contribution in [3.63, 3.8) is 0 Å². The van der Waals surface area contributed by atoms with Crippen molar-refractivity contribution in [2.24, 2.45) is 0 Å². The van der Waals surface area contributed by atoms with Crippen LogP contribution in [0, 0.1) is 0 Å². The average molecular weight is 365 g/mol. The normalized spacial score (nSPS) is 22.4. The zero-order chi connectivity index (χ0) is 14.7. The molecule has 0 radical (unpaired) electrons. The van der Waals surface area contributed by atoms with Crippen LogP contribution in [0.2, 0.25) is 5.02 Å². The van der Waals surface area contributed by atoms with Gasteiger partial charge >= 0.3 is 0 Å². The highest BCUT2D eigenvalue weighted by atomic mass is 79.9. The third kappa shape index (κ3) is 1.82. The molecule has 0 fully saturated rings. The fourth-order valence-corrected chi connectivity index (χ4v) is 3.59. The molecule has 3 nitrogen and oxygen atoms in total. The van der Waals surface area contributed by atoms with E-state index >= 15 is 0 Å². The van der Waals surface area contributed by atoms with Crippen LogP contribution in [0.1, 0.15) is 40.7 Å². The van der Waals surface area contributed by atoms with Gasteiger partial charge in [-0.1, -0.05) is 33.6 Å². The molecule has 0 N–H and O–H groups in total. The summed E-state index contributed by atoms with van der Waals surface area (Å²) in [5.41, 5.74) is 2.55. The first kappa shape index (κ1) is 13.2. The van der Waals surface area contributed by atoms with Crippen molar-refractivity contribution in [3.8, 4) is 5.75 Å². The van der Waals surface area contributed by atoms with Crippen molar-refractivity contribution in [3.05, 3.63) is 62.6 Å². The third-order valence-electron chi connectivity index (χ3n) is 4.08. The minimum atomic E-state index is -0.357. The van der Waals surface area contributed by atoms with Crippen LogP contribution in [0.3, 0.4) is 0 Å². The number of halogens is 2. The van der Waals surface area contributed by atoms with Gasteiger partial charge in [0.05, 0.1) is 6.04 Å². The van der Waals surface area contributed by atoms with Gasteiger partial charge in [-0.05, 0) is 37.3 Å². The molecular weight excluding hydrogens is 354 g/mol. The van der Waals surface area contributed by atoms with Crippen LogP contribution in [0.4, 0.5) is 0 Å². The number of hydrogen-bond acceptors (Lipinski definition) is 2. The number of hydrogen-bond donors (Lipinski definition) is 0. The van der Waals surface area contributed by atoms with Crippen molar-refractivity contribution in [1.29, 1.82) is 0 Å². The van der Waals surface area contributed by atoms with Crippen LogP contribution < -0.4 is 4.74 Å². The minimum absolute atomic E-state index is 0.00516. The Kier molecular flexibility index (Phi) is 2.81. The number of benzene rings is 2. The Bertz CT molecular complexity index is 777. The number of ether oxygens (including phenoxy) is 1. The molecule has 2 heterocycles. The molecule has 2 aromatic rings. The molecule has 2 atom stereocenters. The van der Waals surface area contributed by atoms with E-state index in [1.807, 2.05) is 43.3 Å². The fourth-order valence-electron chi connectivity index (χ4n) is 3.05. The van der Waals surface area contributed by atoms with Crippen LogP contribution in [0.25, 0.3) is 0 Å². The smallest absolute Gasteiger partial charge is 0.258 e. The lowest BCUT2D eigenvalue weighted by molar-refractivity contribution is -0.00180. The van der Waals surface area contributed by atoms with E-state index in [1.54, 1.807) is 4.90 Å². The number of carbonyl (C=O) groups excluding carboxylic acids is 1. The molecule has 0 aromatic heterocycles. The Hall–Kier alpha value is -1.52. The van der Waals surface area contributed by atoms with Gasteiger partial charge in [0, 0.05) is 26.2 Å². The molecule has 0 aliphatic carbocycles. The number of nitrogens with zero attached hydrogens (tertiary/aromatic N) is 1. The van der Waals surface area contributed by atoms with Gasteiger partial charge in [0.25, 0.3) is 5.91 Å². The molecule has 2 aliphatic rings. The van der Waals surface area contributed by atoms with Gasteiger partial charge in [0.2, 0.25) is 6.23 Å². The van der Waals surface area contributed by atoms with Gasteiger partial charge in [-0.2, -0.15) is 0 Å². The maximum atomic E-state index is 12.7. The lowest BCUT2D eigenvalue weighted by atomic mass is 10.0. The number of carbonyl (C=O) groups is 1. The largest absolute Gasteiger partial charge is 0.466 e. The Morgan fingerprint density at radius 3 is 2.81 bits per heavy atom. The molecule has 0 saturated heterocycles. The minimum Gasteiger partial charge on any atom is -0.466 e. The number of fused-ring (bicyclic) bond motifs is 4. The summed E-state index contributed by atoms with van der Waals surface area (Å²) >= 11 is 9.48. The zero-order valence-electron chi connectivity index (χ0n) is 11.1. The van der Waals surface area contributed by atoms with Crippen molar-refractivity contribution in [2.75, 3.05) is 0 Å². The maximum Gasteiger partial charge on any atom is 0.258 e. The van der Waals surface area contributed by atoms with E-state index in [1.165, 1.54) is 0 Å². The van der Waals surface area contributed by atoms with E-state index in [0.29, 0.717) is 10.6 Å². The van der Waals surface area contributed by atoms with Gasteiger partial charge in [0.1, 0.15) is 5.75 Å². The van der Waals surface area contributed by atoms with Gasteiger partial charge in [0.15, 0.2) is 0 Å². The van der Waals surface area contributed by atoms with Crippen molar-refractivity contribution < 1.29 is 9.53 Å². The molecule has 1 amide bonds. The van der Waals surface area contributed by atoms with Crippen LogP contribution >= 0.6 is 27.5 Å². The Morgan fingerprint density at radius 1 is 1.19 bits per heavy atom. The highest BCUT2D eigenvalue weighted by Crippen LogP contribution is 2.48. The molecule has 0 bridgehead atoms. The molecule has 2 aliphatic heterocycles. The number of rotatable bonds is 0. The lowest BCUT2D eigenvalue weighted by Crippen LogP contribution is -2.37. The van der Waals surface area contributed by atoms with Crippen molar-refractivity contribution in [1.82, 2.24) is 4.90 Å². The summed E-state index contributed by atoms with van der Waals surface area (Å²) in [6.07, 6.45) is -0.357. The van der Waals surface area contributed by atoms with Crippen LogP contribution in [0.5, 0.6) is 5.75 Å². The topological polar surface area (TPSA) is 29.5 Å². The Labute approximate surface area is 135 Å². The van der Waals surface area contributed by atoms with Gasteiger partial charge in [-0.25, -0.2) is 0 Å². The van der Waals surface area contributed by atoms with E-state index in [4.69, 9.17) is 16.3 Å². The standard InChI is InChI=1S/C16H11BrClNO2/c1-8-12-7-10(18)3-5-14(12)21-16-11-4-2-9(17)6-13(11)15(20)19(8)16/h2-8,16H,1H3/t8-,16+/m1/s1. The van der Waals surface area contributed by atoms with Crippen molar-refractivity contribution >= 4 is 33.4 Å². The van der Waals surface area contributed by atoms with E-state index in [0.717, 1.165) is 21.3 Å². The molecule has 21 heavy (non-hydrogen) atoms. The molecule has 0 unspecified atom stereocenters. The summed E-state index contributed by atoms with van der Waals surface area (Å²) in [5.74, 6) is 0.783. The third-order valence-corrected chi connectivity index (χ3v) is 4.81. The summed E-state index contributed by atoms with van der Waals surface area (Å²) < 4.78 is 6.94. The first-order chi connectivity index (χ1) is 10.1. The molecule has 0 saturated carbocycles. The summed E-state index contributed by atoms with van der Waals surface area (Å²) in [7, 11) is 0. The zero-order valence-corrected chi connectivity index (χ0v) is 13.5. The SMILES string of the molecule is C[C@@H]1c2cc(Cl)ccc2O[C@H]2c3ccc(Br)cc3C(=O)N12. The molecule has 2 aromatic carbocycles. The van der Waals surface area contributed by atoms with Gasteiger partial charge in [-0.3, -0.25) is 9.69 Å². The quantitative estimate of drug-likeness (QED) is 0.677. The highest BCUT2D eigenvalue weighted by Gasteiger charge is 2.45. The average Bonchev–Trinajstić information content (AvgIpc) is 2.73. The van der Waals surface area contributed by atoms with Crippen LogP contribution in [0.15, 0.2) is 40.9 Å². The van der Waals surface area contributed by atoms with E-state index in [-0.39, 0.29) is 18.2 Å². The molecule has 5 heteroatoms. The Morgan fingerprint density at radius 2 is 2.00 bits per heavy atom. The summed E-state index contributed by atoms with van der Waals surface area (Å²) in [6.45, 7) is 2.00. The summed E-state index contributed by atoms with van der Waals surface area (Å²) in [6, 6.07) is 11.2. The first-order valence-corrected chi connectivity index (χ1v) is 7.81. The highest BCUT2D eigenvalue weighted by molar-refractivity contribution is 9.10. The monoisotopic (exact) mass is 363 g/mol. The fraction of sp³-hybridized carbons (Fsp3) is 0.188. The van der Waals surface area contributed by atoms with E-state index < -0.39 is 0 Å². The van der Waals surface area contributed by atoms with Gasteiger partial charge < -0.3 is 4.74 Å². The molecule has 0 spiro atoms. The maximum absolute atomic E-state index is 12.7. The van der Waals surface area contributed by atoms with Crippen molar-refractivity contribution in [2.45, 2.75) is 19.2 Å². The molecule has 4 rings (SSSR count). The summed E-state index contributed by atoms with van der Waals surface area (Å²) in [5, 5.41) is 0.648. The predicted molar refractivity (Wildman–Crippen MR) is 83.5 cm³/mol. The molecular formula is C16H11BrClNO2. The van der Waals surface area contributed by atoms with Crippen LogP contribution in [-0.4, -0.2) is 10.8 Å². The second kappa shape index (κ2) is 4.49. The lowest BCUT2D eigenvalue weighted by Gasteiger charge is -2.37. The Balaban J connectivity index is 1.88.